The Labute approximate surface area is 143 Å². The Morgan fingerprint density at radius 2 is 1.71 bits per heavy atom. The summed E-state index contributed by atoms with van der Waals surface area (Å²) in [6.45, 7) is 5.57. The van der Waals surface area contributed by atoms with E-state index in [0.717, 1.165) is 31.2 Å². The SMILES string of the molecule is CC(c1ccc(Cl)cc1)N1CCN(C(=O)CN)CC1.Cl.Cl. The fraction of sp³-hybridized carbons (Fsp3) is 0.500. The summed E-state index contributed by atoms with van der Waals surface area (Å²) in [5.74, 6) is 0.0406. The van der Waals surface area contributed by atoms with Gasteiger partial charge in [-0.05, 0) is 24.6 Å². The average Bonchev–Trinajstić information content (AvgIpc) is 2.46. The maximum absolute atomic E-state index is 11.5. The lowest BCUT2D eigenvalue weighted by molar-refractivity contribution is -0.131. The van der Waals surface area contributed by atoms with Crippen LogP contribution in [0.4, 0.5) is 0 Å². The lowest BCUT2D eigenvalue weighted by Gasteiger charge is -2.38. The van der Waals surface area contributed by atoms with Gasteiger partial charge in [0, 0.05) is 37.2 Å². The molecule has 1 aromatic rings. The molecule has 0 spiro atoms. The largest absolute Gasteiger partial charge is 0.339 e. The maximum atomic E-state index is 11.5. The van der Waals surface area contributed by atoms with E-state index < -0.39 is 0 Å². The summed E-state index contributed by atoms with van der Waals surface area (Å²) >= 11 is 5.90. The Kier molecular flexibility index (Phi) is 9.25. The van der Waals surface area contributed by atoms with Gasteiger partial charge in [0.1, 0.15) is 0 Å². The lowest BCUT2D eigenvalue weighted by Crippen LogP contribution is -2.50. The number of benzene rings is 1. The smallest absolute Gasteiger partial charge is 0.236 e. The van der Waals surface area contributed by atoms with Crippen LogP contribution in [0.2, 0.25) is 5.02 Å². The Morgan fingerprint density at radius 1 is 1.19 bits per heavy atom. The van der Waals surface area contributed by atoms with E-state index in [4.69, 9.17) is 17.3 Å². The lowest BCUT2D eigenvalue weighted by atomic mass is 10.1. The van der Waals surface area contributed by atoms with E-state index in [-0.39, 0.29) is 37.3 Å². The molecule has 2 N–H and O–H groups in total. The predicted molar refractivity (Wildman–Crippen MR) is 91.6 cm³/mol. The number of carbonyl (C=O) groups is 1. The summed E-state index contributed by atoms with van der Waals surface area (Å²) in [6, 6.07) is 8.30. The normalized spacial score (nSPS) is 16.6. The Balaban J connectivity index is 0.00000200. The van der Waals surface area contributed by atoms with E-state index >= 15 is 0 Å². The van der Waals surface area contributed by atoms with Gasteiger partial charge >= 0.3 is 0 Å². The summed E-state index contributed by atoms with van der Waals surface area (Å²) < 4.78 is 0. The Morgan fingerprint density at radius 3 is 2.19 bits per heavy atom. The molecular formula is C14H22Cl3N3O. The second-order valence-electron chi connectivity index (χ2n) is 4.85. The number of nitrogens with two attached hydrogens (primary N) is 1. The standard InChI is InChI=1S/C14H20ClN3O.2ClH/c1-11(12-2-4-13(15)5-3-12)17-6-8-18(9-7-17)14(19)10-16;;/h2-5,11H,6-10,16H2,1H3;2*1H. The van der Waals surface area contributed by atoms with Crippen molar-refractivity contribution in [1.29, 1.82) is 0 Å². The van der Waals surface area contributed by atoms with Gasteiger partial charge in [0.25, 0.3) is 0 Å². The summed E-state index contributed by atoms with van der Waals surface area (Å²) in [7, 11) is 0. The molecule has 1 fully saturated rings. The van der Waals surface area contributed by atoms with E-state index in [0.29, 0.717) is 6.04 Å². The molecule has 1 atom stereocenters. The van der Waals surface area contributed by atoms with Crippen LogP contribution in [0.15, 0.2) is 24.3 Å². The first-order valence-corrected chi connectivity index (χ1v) is 6.97. The molecular weight excluding hydrogens is 333 g/mol. The molecule has 0 bridgehead atoms. The van der Waals surface area contributed by atoms with Gasteiger partial charge in [-0.1, -0.05) is 23.7 Å². The molecule has 120 valence electrons. The van der Waals surface area contributed by atoms with Crippen molar-refractivity contribution in [2.45, 2.75) is 13.0 Å². The van der Waals surface area contributed by atoms with Gasteiger partial charge < -0.3 is 10.6 Å². The highest BCUT2D eigenvalue weighted by Crippen LogP contribution is 2.23. The van der Waals surface area contributed by atoms with Crippen LogP contribution in [0.3, 0.4) is 0 Å². The number of hydrogen-bond acceptors (Lipinski definition) is 3. The van der Waals surface area contributed by atoms with Crippen molar-refractivity contribution in [1.82, 2.24) is 9.80 Å². The zero-order chi connectivity index (χ0) is 13.8. The first kappa shape index (κ1) is 20.5. The predicted octanol–water partition coefficient (Wildman–Crippen LogP) is 2.35. The molecule has 1 unspecified atom stereocenters. The minimum atomic E-state index is 0. The molecule has 2 rings (SSSR count). The second kappa shape index (κ2) is 9.49. The molecule has 1 aromatic carbocycles. The summed E-state index contributed by atoms with van der Waals surface area (Å²) in [6.07, 6.45) is 0. The van der Waals surface area contributed by atoms with E-state index in [9.17, 15) is 4.79 Å². The quantitative estimate of drug-likeness (QED) is 0.906. The highest BCUT2D eigenvalue weighted by Gasteiger charge is 2.23. The third-order valence-electron chi connectivity index (χ3n) is 3.74. The number of piperazine rings is 1. The fourth-order valence-corrected chi connectivity index (χ4v) is 2.57. The van der Waals surface area contributed by atoms with Crippen molar-refractivity contribution in [3.63, 3.8) is 0 Å². The van der Waals surface area contributed by atoms with Gasteiger partial charge in [-0.15, -0.1) is 24.8 Å². The molecule has 1 heterocycles. The summed E-state index contributed by atoms with van der Waals surface area (Å²) in [5.41, 5.74) is 6.64. The van der Waals surface area contributed by atoms with Crippen LogP contribution in [0.5, 0.6) is 0 Å². The van der Waals surface area contributed by atoms with Gasteiger partial charge in [0.15, 0.2) is 0 Å². The minimum absolute atomic E-state index is 0. The summed E-state index contributed by atoms with van der Waals surface area (Å²) in [5, 5.41) is 0.759. The third-order valence-corrected chi connectivity index (χ3v) is 3.99. The van der Waals surface area contributed by atoms with Crippen LogP contribution >= 0.6 is 36.4 Å². The molecule has 1 saturated heterocycles. The van der Waals surface area contributed by atoms with Gasteiger partial charge in [-0.25, -0.2) is 0 Å². The number of carbonyl (C=O) groups excluding carboxylic acids is 1. The molecule has 21 heavy (non-hydrogen) atoms. The third kappa shape index (κ3) is 5.31. The van der Waals surface area contributed by atoms with Gasteiger partial charge in [-0.3, -0.25) is 9.69 Å². The van der Waals surface area contributed by atoms with Crippen LogP contribution < -0.4 is 5.73 Å². The number of amides is 1. The van der Waals surface area contributed by atoms with Gasteiger partial charge in [0.2, 0.25) is 5.91 Å². The summed E-state index contributed by atoms with van der Waals surface area (Å²) in [4.78, 5) is 15.7. The van der Waals surface area contributed by atoms with E-state index in [1.165, 1.54) is 5.56 Å². The molecule has 0 saturated carbocycles. The van der Waals surface area contributed by atoms with Crippen molar-refractivity contribution in [3.05, 3.63) is 34.9 Å². The molecule has 1 aliphatic rings. The number of hydrogen-bond donors (Lipinski definition) is 1. The zero-order valence-corrected chi connectivity index (χ0v) is 14.4. The van der Waals surface area contributed by atoms with Gasteiger partial charge in [-0.2, -0.15) is 0 Å². The van der Waals surface area contributed by atoms with E-state index in [2.05, 4.69) is 24.0 Å². The zero-order valence-electron chi connectivity index (χ0n) is 12.0. The maximum Gasteiger partial charge on any atom is 0.236 e. The topological polar surface area (TPSA) is 49.6 Å². The average molecular weight is 355 g/mol. The first-order chi connectivity index (χ1) is 9.11. The Hall–Kier alpha value is -0.520. The second-order valence-corrected chi connectivity index (χ2v) is 5.28. The van der Waals surface area contributed by atoms with Crippen LogP contribution in [0.1, 0.15) is 18.5 Å². The number of halogens is 3. The molecule has 1 amide bonds. The van der Waals surface area contributed by atoms with Crippen LogP contribution in [0.25, 0.3) is 0 Å². The monoisotopic (exact) mass is 353 g/mol. The fourth-order valence-electron chi connectivity index (χ4n) is 2.44. The highest BCUT2D eigenvalue weighted by molar-refractivity contribution is 6.30. The van der Waals surface area contributed by atoms with Crippen molar-refractivity contribution >= 4 is 42.3 Å². The molecule has 0 aliphatic carbocycles. The molecule has 4 nitrogen and oxygen atoms in total. The molecule has 0 aromatic heterocycles. The number of nitrogens with zero attached hydrogens (tertiary/aromatic N) is 2. The van der Waals surface area contributed by atoms with Gasteiger partial charge in [0.05, 0.1) is 6.54 Å². The van der Waals surface area contributed by atoms with Crippen LogP contribution in [0, 0.1) is 0 Å². The first-order valence-electron chi connectivity index (χ1n) is 6.59. The van der Waals surface area contributed by atoms with Crippen LogP contribution in [-0.4, -0.2) is 48.4 Å². The molecule has 0 radical (unpaired) electrons. The van der Waals surface area contributed by atoms with Crippen molar-refractivity contribution in [2.75, 3.05) is 32.7 Å². The number of rotatable bonds is 3. The van der Waals surface area contributed by atoms with Crippen molar-refractivity contribution < 1.29 is 4.79 Å². The Bertz CT molecular complexity index is 434. The minimum Gasteiger partial charge on any atom is -0.339 e. The van der Waals surface area contributed by atoms with Crippen molar-refractivity contribution in [3.8, 4) is 0 Å². The highest BCUT2D eigenvalue weighted by atomic mass is 35.5. The molecule has 7 heteroatoms. The van der Waals surface area contributed by atoms with Crippen LogP contribution in [-0.2, 0) is 4.79 Å². The van der Waals surface area contributed by atoms with Crippen molar-refractivity contribution in [2.24, 2.45) is 5.73 Å². The van der Waals surface area contributed by atoms with E-state index in [1.807, 2.05) is 17.0 Å². The molecule has 1 aliphatic heterocycles. The van der Waals surface area contributed by atoms with E-state index in [1.54, 1.807) is 0 Å².